The van der Waals surface area contributed by atoms with E-state index < -0.39 is 31.4 Å². The van der Waals surface area contributed by atoms with Crippen molar-refractivity contribution in [2.45, 2.75) is 4.90 Å². The van der Waals surface area contributed by atoms with Gasteiger partial charge in [-0.15, -0.1) is 0 Å². The minimum Gasteiger partial charge on any atom is -0.320 e. The Bertz CT molecular complexity index is 1390. The van der Waals surface area contributed by atoms with E-state index in [1.54, 1.807) is 36.4 Å². The molecular weight excluding hydrogens is 458 g/mol. The molecule has 0 unspecified atom stereocenters. The number of carbonyl (C=O) groups is 1. The molecule has 4 rings (SSSR count). The number of sulfonamides is 1. The highest BCUT2D eigenvalue weighted by Gasteiger charge is 2.27. The molecule has 3 aromatic carbocycles. The molecule has 1 aliphatic heterocycles. The molecule has 0 bridgehead atoms. The van der Waals surface area contributed by atoms with Gasteiger partial charge < -0.3 is 5.32 Å². The van der Waals surface area contributed by atoms with Crippen molar-refractivity contribution in [3.8, 4) is 0 Å². The van der Waals surface area contributed by atoms with Crippen molar-refractivity contribution in [3.05, 3.63) is 87.4 Å². The molecule has 1 heterocycles. The number of para-hydroxylation sites is 2. The van der Waals surface area contributed by atoms with Crippen LogP contribution in [0.1, 0.15) is 5.56 Å². The Hall–Kier alpha value is -3.96. The van der Waals surface area contributed by atoms with Crippen LogP contribution in [0.5, 0.6) is 0 Å². The Morgan fingerprint density at radius 2 is 1.72 bits per heavy atom. The van der Waals surface area contributed by atoms with Crippen molar-refractivity contribution in [2.24, 2.45) is 5.10 Å². The predicted molar refractivity (Wildman–Crippen MR) is 121 cm³/mol. The van der Waals surface area contributed by atoms with Crippen LogP contribution >= 0.6 is 11.6 Å². The number of hydrazone groups is 1. The van der Waals surface area contributed by atoms with Gasteiger partial charge in [-0.25, -0.2) is 8.42 Å². The van der Waals surface area contributed by atoms with E-state index in [4.69, 9.17) is 11.6 Å². The van der Waals surface area contributed by atoms with Crippen LogP contribution in [0.2, 0.25) is 5.02 Å². The second-order valence-electron chi connectivity index (χ2n) is 6.59. The van der Waals surface area contributed by atoms with Gasteiger partial charge in [0.15, 0.2) is 5.71 Å². The monoisotopic (exact) mass is 471 g/mol. The molecule has 1 amide bonds. The summed E-state index contributed by atoms with van der Waals surface area (Å²) in [5.74, 6) is -0.473. The van der Waals surface area contributed by atoms with Crippen molar-refractivity contribution in [1.29, 1.82) is 0 Å². The Kier molecular flexibility index (Phi) is 5.51. The highest BCUT2D eigenvalue weighted by molar-refractivity contribution is 7.93. The number of amides is 1. The normalized spacial score (nSPS) is 14.0. The fourth-order valence-corrected chi connectivity index (χ4v) is 4.51. The fourth-order valence-electron chi connectivity index (χ4n) is 3.01. The number of non-ortho nitro benzene ring substituents is 1. The van der Waals surface area contributed by atoms with Gasteiger partial charge in [-0.3, -0.25) is 25.1 Å². The minimum atomic E-state index is -4.31. The Morgan fingerprint density at radius 3 is 2.47 bits per heavy atom. The lowest BCUT2D eigenvalue weighted by molar-refractivity contribution is -0.385. The van der Waals surface area contributed by atoms with Gasteiger partial charge in [-0.1, -0.05) is 41.9 Å². The van der Waals surface area contributed by atoms with Crippen LogP contribution < -0.4 is 15.5 Å². The first kappa shape index (κ1) is 21.3. The number of halogens is 1. The van der Waals surface area contributed by atoms with Crippen LogP contribution in [0.3, 0.4) is 0 Å². The van der Waals surface area contributed by atoms with Gasteiger partial charge in [0, 0.05) is 17.7 Å². The third-order valence-electron chi connectivity index (χ3n) is 4.52. The van der Waals surface area contributed by atoms with Gasteiger partial charge in [0.2, 0.25) is 0 Å². The first-order valence-corrected chi connectivity index (χ1v) is 10.9. The number of rotatable bonds is 6. The molecule has 162 valence electrons. The zero-order chi connectivity index (χ0) is 22.9. The largest absolute Gasteiger partial charge is 0.320 e. The maximum absolute atomic E-state index is 13.0. The smallest absolute Gasteiger partial charge is 0.276 e. The van der Waals surface area contributed by atoms with Crippen LogP contribution in [-0.4, -0.2) is 25.0 Å². The summed E-state index contributed by atoms with van der Waals surface area (Å²) in [6.45, 7) is 0. The number of nitrogens with zero attached hydrogens (tertiary/aromatic N) is 2. The lowest BCUT2D eigenvalue weighted by atomic mass is 10.1. The molecule has 3 aromatic rings. The minimum absolute atomic E-state index is 0.0429. The highest BCUT2D eigenvalue weighted by atomic mass is 35.5. The van der Waals surface area contributed by atoms with Gasteiger partial charge in [-0.2, -0.15) is 5.10 Å². The zero-order valence-electron chi connectivity index (χ0n) is 16.1. The number of nitrogens with one attached hydrogen (secondary N) is 3. The molecule has 3 N–H and O–H groups in total. The molecule has 10 nitrogen and oxygen atoms in total. The molecule has 1 aliphatic rings. The highest BCUT2D eigenvalue weighted by Crippen LogP contribution is 2.31. The molecule has 0 aromatic heterocycles. The number of nitro groups is 1. The molecule has 0 saturated heterocycles. The molecular formula is C20H14ClN5O5S. The van der Waals surface area contributed by atoms with Crippen molar-refractivity contribution in [2.75, 3.05) is 15.5 Å². The van der Waals surface area contributed by atoms with Gasteiger partial charge in [0.05, 0.1) is 27.0 Å². The molecule has 0 aliphatic carbocycles. The number of carbonyl (C=O) groups excluding carboxylic acids is 1. The van der Waals surface area contributed by atoms with E-state index in [-0.39, 0.29) is 22.1 Å². The third-order valence-corrected chi connectivity index (χ3v) is 6.25. The third kappa shape index (κ3) is 4.11. The summed E-state index contributed by atoms with van der Waals surface area (Å²) in [6, 6.07) is 16.2. The lowest BCUT2D eigenvalue weighted by Crippen LogP contribution is -2.18. The molecule has 32 heavy (non-hydrogen) atoms. The lowest BCUT2D eigenvalue weighted by Gasteiger charge is -2.13. The van der Waals surface area contributed by atoms with E-state index in [0.29, 0.717) is 11.3 Å². The Morgan fingerprint density at radius 1 is 1.00 bits per heavy atom. The summed E-state index contributed by atoms with van der Waals surface area (Å²) in [5.41, 5.74) is 3.28. The SMILES string of the molecule is O=C1Nc2ccccc2/C1=N/Nc1ccc([N+](=O)[O-])cc1S(=O)(=O)Nc1ccccc1Cl. The van der Waals surface area contributed by atoms with Gasteiger partial charge in [0.1, 0.15) is 4.90 Å². The summed E-state index contributed by atoms with van der Waals surface area (Å²) in [6.07, 6.45) is 0. The van der Waals surface area contributed by atoms with Gasteiger partial charge in [0.25, 0.3) is 21.6 Å². The topological polar surface area (TPSA) is 143 Å². The predicted octanol–water partition coefficient (Wildman–Crippen LogP) is 3.82. The number of anilines is 3. The fraction of sp³-hybridized carbons (Fsp3) is 0. The van der Waals surface area contributed by atoms with Crippen LogP contribution in [0, 0.1) is 10.1 Å². The van der Waals surface area contributed by atoms with E-state index in [1.165, 1.54) is 18.2 Å². The van der Waals surface area contributed by atoms with Gasteiger partial charge in [-0.05, 0) is 24.3 Å². The second-order valence-corrected chi connectivity index (χ2v) is 8.65. The van der Waals surface area contributed by atoms with Crippen molar-refractivity contribution >= 4 is 56.0 Å². The Balaban J connectivity index is 1.74. The maximum atomic E-state index is 13.0. The number of hydrogen-bond donors (Lipinski definition) is 3. The molecule has 0 atom stereocenters. The van der Waals surface area contributed by atoms with Crippen molar-refractivity contribution < 1.29 is 18.1 Å². The van der Waals surface area contributed by atoms with E-state index in [0.717, 1.165) is 12.1 Å². The Labute approximate surface area is 187 Å². The summed E-state index contributed by atoms with van der Waals surface area (Å²) in [4.78, 5) is 22.3. The number of fused-ring (bicyclic) bond motifs is 1. The average Bonchev–Trinajstić information content (AvgIpc) is 3.08. The van der Waals surface area contributed by atoms with Crippen LogP contribution in [0.25, 0.3) is 0 Å². The summed E-state index contributed by atoms with van der Waals surface area (Å²) < 4.78 is 28.4. The van der Waals surface area contributed by atoms with Crippen LogP contribution in [0.15, 0.2) is 76.7 Å². The maximum Gasteiger partial charge on any atom is 0.276 e. The summed E-state index contributed by atoms with van der Waals surface area (Å²) >= 11 is 6.03. The molecule has 0 spiro atoms. The van der Waals surface area contributed by atoms with Crippen molar-refractivity contribution in [1.82, 2.24) is 0 Å². The van der Waals surface area contributed by atoms with Crippen LogP contribution in [0.4, 0.5) is 22.7 Å². The zero-order valence-corrected chi connectivity index (χ0v) is 17.6. The number of nitro benzene ring substituents is 1. The number of benzene rings is 3. The van der Waals surface area contributed by atoms with Crippen molar-refractivity contribution in [3.63, 3.8) is 0 Å². The van der Waals surface area contributed by atoms with E-state index >= 15 is 0 Å². The van der Waals surface area contributed by atoms with E-state index in [1.807, 2.05) is 0 Å². The van der Waals surface area contributed by atoms with E-state index in [9.17, 15) is 23.3 Å². The van der Waals surface area contributed by atoms with Crippen LogP contribution in [-0.2, 0) is 14.8 Å². The number of hydrogen-bond acceptors (Lipinski definition) is 7. The molecule has 0 saturated carbocycles. The second kappa shape index (κ2) is 8.29. The van der Waals surface area contributed by atoms with E-state index in [2.05, 4.69) is 20.6 Å². The standard InChI is InChI=1S/C20H14ClN5O5S/c21-14-6-2-4-8-16(14)25-32(30,31)18-11-12(26(28)29)9-10-17(18)23-24-19-13-5-1-3-7-15(13)22-20(19)27/h1-11,23,25H,(H,22,24,27). The molecule has 0 fully saturated rings. The van der Waals surface area contributed by atoms with Gasteiger partial charge >= 0.3 is 0 Å². The molecule has 12 heteroatoms. The quantitative estimate of drug-likeness (QED) is 0.368. The summed E-state index contributed by atoms with van der Waals surface area (Å²) in [7, 11) is -4.31. The first-order chi connectivity index (χ1) is 15.3. The average molecular weight is 472 g/mol. The summed E-state index contributed by atoms with van der Waals surface area (Å²) in [5, 5.41) is 18.1. The first-order valence-electron chi connectivity index (χ1n) is 9.06. The molecule has 0 radical (unpaired) electrons.